The molecule has 0 aliphatic rings. The minimum atomic E-state index is 0.118. The predicted octanol–water partition coefficient (Wildman–Crippen LogP) is 3.54. The van der Waals surface area contributed by atoms with Crippen LogP contribution in [0.15, 0.2) is 62.4 Å². The molecule has 0 aliphatic heterocycles. The Kier molecular flexibility index (Phi) is 3.58. The molecule has 3 N–H and O–H groups in total. The Labute approximate surface area is 124 Å². The van der Waals surface area contributed by atoms with Crippen LogP contribution in [0.3, 0.4) is 0 Å². The van der Waals surface area contributed by atoms with Crippen molar-refractivity contribution in [1.29, 1.82) is 0 Å². The van der Waals surface area contributed by atoms with Gasteiger partial charge in [0.15, 0.2) is 10.2 Å². The second-order valence-corrected chi connectivity index (χ2v) is 6.23. The minimum Gasteiger partial charge on any atom is -0.409 e. The lowest BCUT2D eigenvalue weighted by atomic mass is 10.0. The van der Waals surface area contributed by atoms with Crippen molar-refractivity contribution >= 4 is 39.7 Å². The third-order valence-corrected chi connectivity index (χ3v) is 4.83. The van der Waals surface area contributed by atoms with E-state index in [-0.39, 0.29) is 5.84 Å². The molecule has 4 nitrogen and oxygen atoms in total. The lowest BCUT2D eigenvalue weighted by Gasteiger charge is -2.09. The largest absolute Gasteiger partial charge is 0.409 e. The summed E-state index contributed by atoms with van der Waals surface area (Å²) in [6.45, 7) is 0. The third-order valence-electron chi connectivity index (χ3n) is 2.87. The summed E-state index contributed by atoms with van der Waals surface area (Å²) >= 11 is 3.22. The van der Waals surface area contributed by atoms with Crippen LogP contribution in [0.25, 0.3) is 10.8 Å². The molecule has 0 saturated heterocycles. The topological polar surface area (TPSA) is 71.5 Å². The molecule has 0 bridgehead atoms. The number of nitrogens with two attached hydrogens (primary N) is 1. The normalized spacial score (nSPS) is 11.9. The van der Waals surface area contributed by atoms with Crippen molar-refractivity contribution in [2.75, 3.05) is 0 Å². The molecule has 3 aromatic rings. The maximum absolute atomic E-state index is 8.87. The average molecular weight is 301 g/mol. The minimum absolute atomic E-state index is 0.118. The third kappa shape index (κ3) is 2.35. The van der Waals surface area contributed by atoms with Crippen LogP contribution in [0.4, 0.5) is 0 Å². The van der Waals surface area contributed by atoms with E-state index >= 15 is 0 Å². The number of hydrogen-bond acceptors (Lipinski definition) is 5. The average Bonchev–Trinajstić information content (AvgIpc) is 3.00. The fraction of sp³-hybridized carbons (Fsp3) is 0. The van der Waals surface area contributed by atoms with Gasteiger partial charge in [0.25, 0.3) is 0 Å². The lowest BCUT2D eigenvalue weighted by Crippen LogP contribution is -2.13. The van der Waals surface area contributed by atoms with Crippen LogP contribution in [0.1, 0.15) is 5.56 Å². The summed E-state index contributed by atoms with van der Waals surface area (Å²) in [5.41, 5.74) is 6.46. The van der Waals surface area contributed by atoms with Crippen LogP contribution in [-0.4, -0.2) is 16.0 Å². The summed E-state index contributed by atoms with van der Waals surface area (Å²) in [6, 6.07) is 11.8. The van der Waals surface area contributed by atoms with Crippen LogP contribution in [0.2, 0.25) is 0 Å². The molecule has 1 aromatic heterocycles. The van der Waals surface area contributed by atoms with Crippen molar-refractivity contribution in [1.82, 2.24) is 4.98 Å². The standard InChI is InChI=1S/C14H11N3OS2/c15-13(17-18)11-5-6-12(20-14-16-7-8-19-14)10-4-2-1-3-9(10)11/h1-8,18H,(H2,15,17). The maximum atomic E-state index is 8.87. The van der Waals surface area contributed by atoms with E-state index in [9.17, 15) is 0 Å². The summed E-state index contributed by atoms with van der Waals surface area (Å²) in [6.07, 6.45) is 1.79. The molecule has 0 fully saturated rings. The quantitative estimate of drug-likeness (QED) is 0.336. The first-order valence-electron chi connectivity index (χ1n) is 5.86. The van der Waals surface area contributed by atoms with Gasteiger partial charge in [0, 0.05) is 22.0 Å². The summed E-state index contributed by atoms with van der Waals surface area (Å²) in [7, 11) is 0. The summed E-state index contributed by atoms with van der Waals surface area (Å²) in [4.78, 5) is 5.39. The van der Waals surface area contributed by atoms with E-state index in [1.165, 1.54) is 0 Å². The summed E-state index contributed by atoms with van der Waals surface area (Å²) in [5, 5.41) is 15.9. The van der Waals surface area contributed by atoms with Gasteiger partial charge in [-0.05, 0) is 22.9 Å². The SMILES string of the molecule is N/C(=N/O)c1ccc(Sc2nccs2)c2ccccc12. The highest BCUT2D eigenvalue weighted by atomic mass is 32.2. The van der Waals surface area contributed by atoms with Gasteiger partial charge in [-0.25, -0.2) is 4.98 Å². The monoisotopic (exact) mass is 301 g/mol. The number of nitrogens with zero attached hydrogens (tertiary/aromatic N) is 2. The first kappa shape index (κ1) is 13.0. The van der Waals surface area contributed by atoms with Crippen molar-refractivity contribution in [2.24, 2.45) is 10.9 Å². The zero-order valence-electron chi connectivity index (χ0n) is 10.4. The van der Waals surface area contributed by atoms with E-state index in [1.54, 1.807) is 29.3 Å². The van der Waals surface area contributed by atoms with Gasteiger partial charge in [-0.1, -0.05) is 41.2 Å². The van der Waals surface area contributed by atoms with E-state index in [1.807, 2.05) is 41.8 Å². The van der Waals surface area contributed by atoms with Gasteiger partial charge in [-0.3, -0.25) is 0 Å². The Bertz CT molecular complexity index is 769. The number of hydrogen-bond donors (Lipinski definition) is 2. The Morgan fingerprint density at radius 2 is 2.00 bits per heavy atom. The Balaban J connectivity index is 2.16. The number of aromatic nitrogens is 1. The molecule has 0 atom stereocenters. The molecular formula is C14H11N3OS2. The fourth-order valence-electron chi connectivity index (χ4n) is 1.99. The zero-order chi connectivity index (χ0) is 13.9. The number of rotatable bonds is 3. The highest BCUT2D eigenvalue weighted by molar-refractivity contribution is 8.01. The van der Waals surface area contributed by atoms with Crippen LogP contribution in [0.5, 0.6) is 0 Å². The second kappa shape index (κ2) is 5.52. The number of fused-ring (bicyclic) bond motifs is 1. The molecule has 0 unspecified atom stereocenters. The van der Waals surface area contributed by atoms with E-state index < -0.39 is 0 Å². The van der Waals surface area contributed by atoms with Crippen molar-refractivity contribution in [2.45, 2.75) is 9.24 Å². The van der Waals surface area contributed by atoms with Crippen molar-refractivity contribution in [3.05, 3.63) is 53.5 Å². The van der Waals surface area contributed by atoms with E-state index in [0.29, 0.717) is 0 Å². The van der Waals surface area contributed by atoms with E-state index in [0.717, 1.165) is 25.6 Å². The van der Waals surface area contributed by atoms with Gasteiger partial charge in [0.1, 0.15) is 0 Å². The van der Waals surface area contributed by atoms with Crippen LogP contribution < -0.4 is 5.73 Å². The van der Waals surface area contributed by atoms with Gasteiger partial charge in [0.05, 0.1) is 0 Å². The van der Waals surface area contributed by atoms with Crippen molar-refractivity contribution in [3.63, 3.8) is 0 Å². The molecule has 100 valence electrons. The molecular weight excluding hydrogens is 290 g/mol. The summed E-state index contributed by atoms with van der Waals surface area (Å²) in [5.74, 6) is 0.118. The number of benzene rings is 2. The van der Waals surface area contributed by atoms with Crippen LogP contribution >= 0.6 is 23.1 Å². The molecule has 3 rings (SSSR count). The smallest absolute Gasteiger partial charge is 0.170 e. The van der Waals surface area contributed by atoms with Gasteiger partial charge in [0.2, 0.25) is 0 Å². The molecule has 20 heavy (non-hydrogen) atoms. The number of oxime groups is 1. The highest BCUT2D eigenvalue weighted by Crippen LogP contribution is 2.35. The van der Waals surface area contributed by atoms with Gasteiger partial charge in [-0.2, -0.15) is 0 Å². The molecule has 6 heteroatoms. The molecule has 2 aromatic carbocycles. The first-order valence-corrected chi connectivity index (χ1v) is 7.56. The Hall–Kier alpha value is -2.05. The van der Waals surface area contributed by atoms with Crippen LogP contribution in [-0.2, 0) is 0 Å². The lowest BCUT2D eigenvalue weighted by molar-refractivity contribution is 0.318. The number of amidine groups is 1. The second-order valence-electron chi connectivity index (χ2n) is 4.04. The van der Waals surface area contributed by atoms with Crippen molar-refractivity contribution in [3.8, 4) is 0 Å². The molecule has 0 radical (unpaired) electrons. The molecule has 1 heterocycles. The first-order chi connectivity index (χ1) is 9.79. The highest BCUT2D eigenvalue weighted by Gasteiger charge is 2.10. The number of thiazole rings is 1. The van der Waals surface area contributed by atoms with Gasteiger partial charge in [-0.15, -0.1) is 11.3 Å². The Morgan fingerprint density at radius 3 is 2.70 bits per heavy atom. The van der Waals surface area contributed by atoms with Crippen LogP contribution in [0, 0.1) is 0 Å². The van der Waals surface area contributed by atoms with Gasteiger partial charge < -0.3 is 10.9 Å². The molecule has 0 saturated carbocycles. The molecule has 0 spiro atoms. The van der Waals surface area contributed by atoms with Crippen molar-refractivity contribution < 1.29 is 5.21 Å². The molecule has 0 aliphatic carbocycles. The van der Waals surface area contributed by atoms with Gasteiger partial charge >= 0.3 is 0 Å². The summed E-state index contributed by atoms with van der Waals surface area (Å²) < 4.78 is 0.992. The maximum Gasteiger partial charge on any atom is 0.170 e. The zero-order valence-corrected chi connectivity index (χ0v) is 12.0. The fourth-order valence-corrected chi connectivity index (χ4v) is 3.71. The molecule has 0 amide bonds. The predicted molar refractivity (Wildman–Crippen MR) is 82.7 cm³/mol. The van der Waals surface area contributed by atoms with E-state index in [4.69, 9.17) is 10.9 Å². The van der Waals surface area contributed by atoms with E-state index in [2.05, 4.69) is 10.1 Å². The Morgan fingerprint density at radius 1 is 1.20 bits per heavy atom.